The Bertz CT molecular complexity index is 916. The molecule has 0 aromatic carbocycles. The number of amides is 1. The van der Waals surface area contributed by atoms with Crippen molar-refractivity contribution in [1.29, 1.82) is 0 Å². The van der Waals surface area contributed by atoms with Crippen molar-refractivity contribution in [3.05, 3.63) is 24.7 Å². The highest BCUT2D eigenvalue weighted by Crippen LogP contribution is 2.61. The van der Waals surface area contributed by atoms with Crippen molar-refractivity contribution in [2.75, 3.05) is 6.61 Å². The standard InChI is InChI=1S/C16H26N2O14P2/c1-7-5-9(19)12(21)16(29-7)31-34(26,27)32-33(24,25)28-6-10-13(22)14(23)15(30-10)18-4-3-11(20)17-8(18)2/h3-4,7,9-10,12-16,19,21-23H,2,5-6H2,1H3,(H,17,20)(H,24,25)(H,26,27). The molecule has 2 saturated heterocycles. The van der Waals surface area contributed by atoms with Crippen LogP contribution in [0.2, 0.25) is 0 Å². The van der Waals surface area contributed by atoms with Crippen LogP contribution in [-0.4, -0.2) is 96.8 Å². The molecule has 1 amide bonds. The number of carbonyl (C=O) groups is 1. The zero-order chi connectivity index (χ0) is 25.4. The first-order valence-electron chi connectivity index (χ1n) is 9.88. The third-order valence-corrected chi connectivity index (χ3v) is 7.64. The van der Waals surface area contributed by atoms with Gasteiger partial charge in [-0.1, -0.05) is 6.58 Å². The second-order valence-corrected chi connectivity index (χ2v) is 10.7. The van der Waals surface area contributed by atoms with E-state index in [9.17, 15) is 44.1 Å². The molecule has 3 aliphatic heterocycles. The number of hydrogen-bond donors (Lipinski definition) is 7. The largest absolute Gasteiger partial charge is 0.483 e. The number of ether oxygens (including phenoxy) is 2. The fourth-order valence-corrected chi connectivity index (χ4v) is 5.56. The molecule has 0 spiro atoms. The van der Waals surface area contributed by atoms with Crippen LogP contribution in [0.1, 0.15) is 13.3 Å². The van der Waals surface area contributed by atoms with E-state index in [1.165, 1.54) is 18.0 Å². The van der Waals surface area contributed by atoms with E-state index in [2.05, 4.69) is 25.3 Å². The summed E-state index contributed by atoms with van der Waals surface area (Å²) in [7, 11) is -10.7. The van der Waals surface area contributed by atoms with Gasteiger partial charge in [-0.3, -0.25) is 13.8 Å². The van der Waals surface area contributed by atoms with Crippen molar-refractivity contribution in [3.8, 4) is 0 Å². The molecule has 0 aliphatic carbocycles. The van der Waals surface area contributed by atoms with Crippen molar-refractivity contribution < 1.29 is 67.0 Å². The van der Waals surface area contributed by atoms with Crippen LogP contribution >= 0.6 is 15.6 Å². The van der Waals surface area contributed by atoms with Crippen molar-refractivity contribution in [3.63, 3.8) is 0 Å². The van der Waals surface area contributed by atoms with Crippen LogP contribution in [0.15, 0.2) is 24.7 Å². The summed E-state index contributed by atoms with van der Waals surface area (Å²) in [5.74, 6) is -0.440. The first-order chi connectivity index (χ1) is 15.7. The molecule has 0 radical (unpaired) electrons. The molecule has 0 saturated carbocycles. The molecule has 34 heavy (non-hydrogen) atoms. The lowest BCUT2D eigenvalue weighted by molar-refractivity contribution is -0.235. The van der Waals surface area contributed by atoms with Crippen molar-refractivity contribution >= 4 is 21.6 Å². The summed E-state index contributed by atoms with van der Waals surface area (Å²) >= 11 is 0. The van der Waals surface area contributed by atoms with Gasteiger partial charge in [-0.2, -0.15) is 4.31 Å². The highest BCUT2D eigenvalue weighted by atomic mass is 31.3. The van der Waals surface area contributed by atoms with Gasteiger partial charge in [-0.25, -0.2) is 9.13 Å². The number of aliphatic hydroxyl groups excluding tert-OH is 4. The first kappa shape index (κ1) is 27.4. The van der Waals surface area contributed by atoms with Crippen LogP contribution in [0.25, 0.3) is 0 Å². The smallest absolute Gasteiger partial charge is 0.390 e. The minimum Gasteiger partial charge on any atom is -0.390 e. The van der Waals surface area contributed by atoms with Crippen molar-refractivity contribution in [1.82, 2.24) is 10.2 Å². The quantitative estimate of drug-likeness (QED) is 0.167. The van der Waals surface area contributed by atoms with Gasteiger partial charge in [0.05, 0.1) is 18.8 Å². The molecule has 3 heterocycles. The summed E-state index contributed by atoms with van der Waals surface area (Å²) < 4.78 is 48.1. The maximum absolute atomic E-state index is 12.2. The summed E-state index contributed by atoms with van der Waals surface area (Å²) in [5.41, 5.74) is 0. The molecule has 3 rings (SSSR count). The highest BCUT2D eigenvalue weighted by Gasteiger charge is 2.48. The lowest BCUT2D eigenvalue weighted by Crippen LogP contribution is -2.48. The van der Waals surface area contributed by atoms with Crippen LogP contribution in [-0.2, 0) is 36.8 Å². The topological polar surface area (TPSA) is 234 Å². The zero-order valence-corrected chi connectivity index (χ0v) is 19.5. The van der Waals surface area contributed by atoms with Crippen LogP contribution in [0.3, 0.4) is 0 Å². The van der Waals surface area contributed by atoms with Gasteiger partial charge in [0.1, 0.15) is 30.2 Å². The number of aliphatic hydroxyl groups is 4. The molecule has 0 aromatic heterocycles. The van der Waals surface area contributed by atoms with Gasteiger partial charge in [0, 0.05) is 18.7 Å². The van der Waals surface area contributed by atoms with Gasteiger partial charge in [0.25, 0.3) is 5.91 Å². The SMILES string of the molecule is C=C1NC(=O)C=CN1C1OC(COP(=O)(O)OP(=O)(O)OC2OC(C)CC(O)C2O)C(O)C1O. The minimum absolute atomic E-state index is 0.0166. The molecular formula is C16H26N2O14P2. The minimum atomic E-state index is -5.37. The zero-order valence-electron chi connectivity index (χ0n) is 17.7. The summed E-state index contributed by atoms with van der Waals surface area (Å²) in [6.45, 7) is 4.20. The van der Waals surface area contributed by atoms with E-state index in [1.54, 1.807) is 0 Å². The van der Waals surface area contributed by atoms with E-state index in [-0.39, 0.29) is 12.2 Å². The number of rotatable bonds is 8. The Labute approximate surface area is 193 Å². The number of phosphoric acid groups is 2. The Morgan fingerprint density at radius 3 is 2.47 bits per heavy atom. The molecule has 2 fully saturated rings. The second-order valence-electron chi connectivity index (χ2n) is 7.73. The molecule has 10 unspecified atom stereocenters. The van der Waals surface area contributed by atoms with Gasteiger partial charge in [-0.15, -0.1) is 0 Å². The molecule has 16 nitrogen and oxygen atoms in total. The number of nitrogens with one attached hydrogen (secondary N) is 1. The van der Waals surface area contributed by atoms with E-state index < -0.39 is 77.3 Å². The maximum atomic E-state index is 12.2. The summed E-state index contributed by atoms with van der Waals surface area (Å²) in [6, 6.07) is 0. The molecule has 10 atom stereocenters. The van der Waals surface area contributed by atoms with Crippen LogP contribution < -0.4 is 5.32 Å². The van der Waals surface area contributed by atoms with Crippen LogP contribution in [0, 0.1) is 0 Å². The monoisotopic (exact) mass is 532 g/mol. The van der Waals surface area contributed by atoms with Gasteiger partial charge in [0.2, 0.25) is 0 Å². The van der Waals surface area contributed by atoms with E-state index in [0.29, 0.717) is 0 Å². The molecule has 0 aromatic rings. The van der Waals surface area contributed by atoms with E-state index >= 15 is 0 Å². The highest BCUT2D eigenvalue weighted by molar-refractivity contribution is 7.61. The average Bonchev–Trinajstić information content (AvgIpc) is 2.97. The first-order valence-corrected chi connectivity index (χ1v) is 12.9. The van der Waals surface area contributed by atoms with E-state index in [1.807, 2.05) is 0 Å². The Morgan fingerprint density at radius 1 is 1.15 bits per heavy atom. The van der Waals surface area contributed by atoms with Gasteiger partial charge in [0.15, 0.2) is 12.5 Å². The van der Waals surface area contributed by atoms with Crippen LogP contribution in [0.4, 0.5) is 0 Å². The van der Waals surface area contributed by atoms with Gasteiger partial charge in [-0.05, 0) is 6.92 Å². The Balaban J connectivity index is 1.57. The lowest BCUT2D eigenvalue weighted by Gasteiger charge is -2.35. The van der Waals surface area contributed by atoms with Gasteiger partial charge >= 0.3 is 15.6 Å². The Morgan fingerprint density at radius 2 is 1.82 bits per heavy atom. The van der Waals surface area contributed by atoms with E-state index in [4.69, 9.17) is 9.47 Å². The molecule has 18 heteroatoms. The normalized spacial score (nSPS) is 40.0. The number of carbonyl (C=O) groups excluding carboxylic acids is 1. The van der Waals surface area contributed by atoms with Crippen molar-refractivity contribution in [2.24, 2.45) is 0 Å². The second kappa shape index (κ2) is 10.4. The molecule has 3 aliphatic rings. The number of hydrogen-bond acceptors (Lipinski definition) is 13. The predicted molar refractivity (Wildman–Crippen MR) is 108 cm³/mol. The lowest BCUT2D eigenvalue weighted by atomic mass is 10.0. The third kappa shape index (κ3) is 6.50. The average molecular weight is 532 g/mol. The van der Waals surface area contributed by atoms with Gasteiger partial charge < -0.3 is 49.9 Å². The van der Waals surface area contributed by atoms with Crippen molar-refractivity contribution in [2.45, 2.75) is 62.5 Å². The molecule has 194 valence electrons. The summed E-state index contributed by atoms with van der Waals surface area (Å²) in [4.78, 5) is 32.1. The molecule has 7 N–H and O–H groups in total. The third-order valence-electron chi connectivity index (χ3n) is 5.04. The molecule has 0 bridgehead atoms. The summed E-state index contributed by atoms with van der Waals surface area (Å²) in [6.07, 6.45) is -9.05. The number of nitrogens with zero attached hydrogens (tertiary/aromatic N) is 1. The fourth-order valence-electron chi connectivity index (χ4n) is 3.41. The Hall–Kier alpha value is -1.23. The van der Waals surface area contributed by atoms with Crippen LogP contribution in [0.5, 0.6) is 0 Å². The predicted octanol–water partition coefficient (Wildman–Crippen LogP) is -2.04. The maximum Gasteiger partial charge on any atom is 0.483 e. The molecular weight excluding hydrogens is 506 g/mol. The fraction of sp³-hybridized carbons (Fsp3) is 0.688. The summed E-state index contributed by atoms with van der Waals surface area (Å²) in [5, 5.41) is 42.3. The number of phosphoric ester groups is 2. The van der Waals surface area contributed by atoms with E-state index in [0.717, 1.165) is 6.08 Å². The Kier molecular flexibility index (Phi) is 8.37.